The SMILES string of the molecule is CCC(NC)c1ccc(N2CCN(C)C(C)C2)cc1. The normalized spacial score (nSPS) is 22.5. The highest BCUT2D eigenvalue weighted by Crippen LogP contribution is 2.22. The Kier molecular flexibility index (Phi) is 4.83. The number of anilines is 1. The molecule has 1 fully saturated rings. The van der Waals surface area contributed by atoms with E-state index in [4.69, 9.17) is 0 Å². The molecule has 0 saturated carbocycles. The molecule has 0 aliphatic carbocycles. The van der Waals surface area contributed by atoms with E-state index in [2.05, 4.69) is 60.3 Å². The van der Waals surface area contributed by atoms with E-state index in [0.29, 0.717) is 12.1 Å². The number of hydrogen-bond acceptors (Lipinski definition) is 3. The molecule has 3 nitrogen and oxygen atoms in total. The van der Waals surface area contributed by atoms with E-state index in [1.165, 1.54) is 11.3 Å². The van der Waals surface area contributed by atoms with Crippen LogP contribution in [-0.2, 0) is 0 Å². The van der Waals surface area contributed by atoms with Gasteiger partial charge in [0.25, 0.3) is 0 Å². The van der Waals surface area contributed by atoms with Gasteiger partial charge in [-0.3, -0.25) is 0 Å². The summed E-state index contributed by atoms with van der Waals surface area (Å²) in [7, 11) is 4.24. The average molecular weight is 261 g/mol. The summed E-state index contributed by atoms with van der Waals surface area (Å²) in [4.78, 5) is 4.92. The van der Waals surface area contributed by atoms with Crippen molar-refractivity contribution in [2.45, 2.75) is 32.4 Å². The maximum Gasteiger partial charge on any atom is 0.0367 e. The molecular weight excluding hydrogens is 234 g/mol. The third kappa shape index (κ3) is 3.28. The fourth-order valence-corrected chi connectivity index (χ4v) is 2.81. The van der Waals surface area contributed by atoms with Crippen LogP contribution in [-0.4, -0.2) is 44.7 Å². The van der Waals surface area contributed by atoms with E-state index in [9.17, 15) is 0 Å². The first kappa shape index (κ1) is 14.4. The minimum absolute atomic E-state index is 0.473. The zero-order valence-corrected chi connectivity index (χ0v) is 12.7. The summed E-state index contributed by atoms with van der Waals surface area (Å²) in [5, 5.41) is 3.36. The van der Waals surface area contributed by atoms with Gasteiger partial charge in [0.05, 0.1) is 0 Å². The lowest BCUT2D eigenvalue weighted by Crippen LogP contribution is -2.50. The molecule has 1 aromatic rings. The van der Waals surface area contributed by atoms with Crippen LogP contribution < -0.4 is 10.2 Å². The summed E-state index contributed by atoms with van der Waals surface area (Å²) < 4.78 is 0. The maximum absolute atomic E-state index is 3.36. The number of nitrogens with zero attached hydrogens (tertiary/aromatic N) is 2. The summed E-state index contributed by atoms with van der Waals surface area (Å²) in [5.74, 6) is 0. The molecule has 1 aromatic carbocycles. The first-order valence-electron chi connectivity index (χ1n) is 7.38. The van der Waals surface area contributed by atoms with E-state index >= 15 is 0 Å². The maximum atomic E-state index is 3.36. The van der Waals surface area contributed by atoms with E-state index in [1.807, 2.05) is 7.05 Å². The molecule has 0 amide bonds. The Hall–Kier alpha value is -1.06. The van der Waals surface area contributed by atoms with Gasteiger partial charge in [-0.15, -0.1) is 0 Å². The van der Waals surface area contributed by atoms with Crippen LogP contribution in [0, 0.1) is 0 Å². The highest BCUT2D eigenvalue weighted by Gasteiger charge is 2.20. The molecule has 2 atom stereocenters. The number of rotatable bonds is 4. The Morgan fingerprint density at radius 1 is 1.26 bits per heavy atom. The van der Waals surface area contributed by atoms with E-state index in [1.54, 1.807) is 0 Å². The minimum atomic E-state index is 0.473. The highest BCUT2D eigenvalue weighted by atomic mass is 15.3. The molecule has 1 N–H and O–H groups in total. The third-order valence-electron chi connectivity index (χ3n) is 4.38. The summed E-state index contributed by atoms with van der Waals surface area (Å²) >= 11 is 0. The monoisotopic (exact) mass is 261 g/mol. The third-order valence-corrected chi connectivity index (χ3v) is 4.38. The molecule has 1 aliphatic rings. The lowest BCUT2D eigenvalue weighted by molar-refractivity contribution is 0.234. The predicted molar refractivity (Wildman–Crippen MR) is 82.8 cm³/mol. The van der Waals surface area contributed by atoms with E-state index in [-0.39, 0.29) is 0 Å². The number of piperazine rings is 1. The Balaban J connectivity index is 2.06. The second-order valence-electron chi connectivity index (χ2n) is 5.62. The molecule has 2 unspecified atom stereocenters. The predicted octanol–water partition coefficient (Wildman–Crippen LogP) is 2.50. The molecule has 3 heteroatoms. The van der Waals surface area contributed by atoms with Crippen LogP contribution in [0.25, 0.3) is 0 Å². The Bertz CT molecular complexity index is 383. The molecule has 0 spiro atoms. The second-order valence-corrected chi connectivity index (χ2v) is 5.62. The van der Waals surface area contributed by atoms with Crippen LogP contribution in [0.15, 0.2) is 24.3 Å². The number of nitrogens with one attached hydrogen (secondary N) is 1. The van der Waals surface area contributed by atoms with Crippen LogP contribution in [0.1, 0.15) is 31.9 Å². The molecule has 1 aliphatic heterocycles. The zero-order chi connectivity index (χ0) is 13.8. The van der Waals surface area contributed by atoms with Gasteiger partial charge in [0.15, 0.2) is 0 Å². The van der Waals surface area contributed by atoms with Gasteiger partial charge < -0.3 is 15.1 Å². The first-order chi connectivity index (χ1) is 9.15. The van der Waals surface area contributed by atoms with Crippen LogP contribution in [0.5, 0.6) is 0 Å². The molecular formula is C16H27N3. The summed E-state index contributed by atoms with van der Waals surface area (Å²) in [6.07, 6.45) is 1.13. The first-order valence-corrected chi connectivity index (χ1v) is 7.38. The summed E-state index contributed by atoms with van der Waals surface area (Å²) in [6, 6.07) is 10.2. The van der Waals surface area contributed by atoms with Crippen molar-refractivity contribution >= 4 is 5.69 Å². The molecule has 0 radical (unpaired) electrons. The van der Waals surface area contributed by atoms with Crippen molar-refractivity contribution in [2.24, 2.45) is 0 Å². The van der Waals surface area contributed by atoms with Crippen molar-refractivity contribution in [3.05, 3.63) is 29.8 Å². The van der Waals surface area contributed by atoms with E-state index < -0.39 is 0 Å². The lowest BCUT2D eigenvalue weighted by Gasteiger charge is -2.39. The highest BCUT2D eigenvalue weighted by molar-refractivity contribution is 5.48. The van der Waals surface area contributed by atoms with Crippen molar-refractivity contribution in [3.8, 4) is 0 Å². The Morgan fingerprint density at radius 3 is 2.47 bits per heavy atom. The summed E-state index contributed by atoms with van der Waals surface area (Å²) in [6.45, 7) is 7.92. The molecule has 0 aromatic heterocycles. The second kappa shape index (κ2) is 6.40. The zero-order valence-electron chi connectivity index (χ0n) is 12.7. The van der Waals surface area contributed by atoms with Crippen molar-refractivity contribution in [2.75, 3.05) is 38.6 Å². The van der Waals surface area contributed by atoms with Crippen LogP contribution >= 0.6 is 0 Å². The van der Waals surface area contributed by atoms with Crippen molar-refractivity contribution in [1.82, 2.24) is 10.2 Å². The van der Waals surface area contributed by atoms with Crippen LogP contribution in [0.4, 0.5) is 5.69 Å². The van der Waals surface area contributed by atoms with Gasteiger partial charge in [-0.25, -0.2) is 0 Å². The quantitative estimate of drug-likeness (QED) is 0.898. The van der Waals surface area contributed by atoms with Crippen LogP contribution in [0.2, 0.25) is 0 Å². The van der Waals surface area contributed by atoms with Gasteiger partial charge >= 0.3 is 0 Å². The number of hydrogen-bond donors (Lipinski definition) is 1. The van der Waals surface area contributed by atoms with Crippen molar-refractivity contribution < 1.29 is 0 Å². The van der Waals surface area contributed by atoms with Gasteiger partial charge in [0.2, 0.25) is 0 Å². The average Bonchev–Trinajstić information content (AvgIpc) is 2.44. The number of benzene rings is 1. The summed E-state index contributed by atoms with van der Waals surface area (Å²) in [5.41, 5.74) is 2.74. The standard InChI is InChI=1S/C16H27N3/c1-5-16(17-3)14-6-8-15(9-7-14)19-11-10-18(4)13(2)12-19/h6-9,13,16-17H,5,10-12H2,1-4H3. The molecule has 19 heavy (non-hydrogen) atoms. The Morgan fingerprint density at radius 2 is 1.95 bits per heavy atom. The van der Waals surface area contributed by atoms with Gasteiger partial charge in [0.1, 0.15) is 0 Å². The van der Waals surface area contributed by atoms with Crippen LogP contribution in [0.3, 0.4) is 0 Å². The van der Waals surface area contributed by atoms with E-state index in [0.717, 1.165) is 26.1 Å². The molecule has 0 bridgehead atoms. The minimum Gasteiger partial charge on any atom is -0.369 e. The van der Waals surface area contributed by atoms with Gasteiger partial charge in [-0.05, 0) is 45.1 Å². The van der Waals surface area contributed by atoms with Crippen molar-refractivity contribution in [1.29, 1.82) is 0 Å². The number of likely N-dealkylation sites (N-methyl/N-ethyl adjacent to an activating group) is 1. The molecule has 1 heterocycles. The van der Waals surface area contributed by atoms with Gasteiger partial charge in [0, 0.05) is 37.4 Å². The van der Waals surface area contributed by atoms with Crippen molar-refractivity contribution in [3.63, 3.8) is 0 Å². The smallest absolute Gasteiger partial charge is 0.0367 e. The van der Waals surface area contributed by atoms with Gasteiger partial charge in [-0.2, -0.15) is 0 Å². The lowest BCUT2D eigenvalue weighted by atomic mass is 10.0. The fourth-order valence-electron chi connectivity index (χ4n) is 2.81. The Labute approximate surface area is 117 Å². The fraction of sp³-hybridized carbons (Fsp3) is 0.625. The molecule has 1 saturated heterocycles. The molecule has 2 rings (SSSR count). The molecule has 106 valence electrons. The largest absolute Gasteiger partial charge is 0.369 e. The topological polar surface area (TPSA) is 18.5 Å². The van der Waals surface area contributed by atoms with Gasteiger partial charge in [-0.1, -0.05) is 19.1 Å².